The lowest BCUT2D eigenvalue weighted by atomic mass is 9.83. The van der Waals surface area contributed by atoms with E-state index in [2.05, 4.69) is 9.88 Å². The first-order chi connectivity index (χ1) is 11.7. The Balaban J connectivity index is 1.69. The van der Waals surface area contributed by atoms with Crippen molar-refractivity contribution in [2.24, 2.45) is 7.05 Å². The van der Waals surface area contributed by atoms with E-state index >= 15 is 0 Å². The van der Waals surface area contributed by atoms with Crippen LogP contribution in [0.25, 0.3) is 0 Å². The van der Waals surface area contributed by atoms with Crippen LogP contribution in [0.4, 0.5) is 13.2 Å². The zero-order chi connectivity index (χ0) is 18.2. The second-order valence-corrected chi connectivity index (χ2v) is 6.74. The smallest absolute Gasteiger partial charge is 0.385 e. The zero-order valence-electron chi connectivity index (χ0n) is 14.3. The third-order valence-electron chi connectivity index (χ3n) is 5.11. The number of hydrogen-bond donors (Lipinski definition) is 1. The van der Waals surface area contributed by atoms with Crippen molar-refractivity contribution in [2.45, 2.75) is 38.1 Å². The molecular weight excluding hydrogens is 331 g/mol. The molecule has 0 bridgehead atoms. The highest BCUT2D eigenvalue weighted by Crippen LogP contribution is 2.37. The molecule has 0 aliphatic carbocycles. The fraction of sp³-hybridized carbons (Fsp3) is 0.500. The number of piperidine rings is 1. The van der Waals surface area contributed by atoms with Crippen molar-refractivity contribution < 1.29 is 18.3 Å². The van der Waals surface area contributed by atoms with Gasteiger partial charge in [0.1, 0.15) is 5.82 Å². The monoisotopic (exact) mass is 353 g/mol. The molecule has 1 aliphatic heterocycles. The number of halogens is 3. The standard InChI is InChI=1S/C18H22F3N3O/c1-13-22-11-16(23(13)2)12-24-8-6-17(25,7-9-24)14-4-3-5-15(10-14)18(19,20)21/h3-5,10-11,25H,6-9,12H2,1-2H3. The summed E-state index contributed by atoms with van der Waals surface area (Å²) in [5.74, 6) is 0.937. The van der Waals surface area contributed by atoms with E-state index in [0.29, 0.717) is 31.5 Å². The highest BCUT2D eigenvalue weighted by molar-refractivity contribution is 5.30. The molecule has 25 heavy (non-hydrogen) atoms. The molecule has 1 saturated heterocycles. The Labute approximate surface area is 144 Å². The predicted octanol–water partition coefficient (Wildman–Crippen LogP) is 3.23. The van der Waals surface area contributed by atoms with Gasteiger partial charge in [-0.2, -0.15) is 13.2 Å². The number of hydrogen-bond acceptors (Lipinski definition) is 3. The minimum atomic E-state index is -4.40. The Morgan fingerprint density at radius 3 is 2.48 bits per heavy atom. The average molecular weight is 353 g/mol. The van der Waals surface area contributed by atoms with Crippen LogP contribution < -0.4 is 0 Å². The Bertz CT molecular complexity index is 746. The number of aryl methyl sites for hydroxylation is 1. The molecule has 0 radical (unpaired) electrons. The zero-order valence-corrected chi connectivity index (χ0v) is 14.3. The molecular formula is C18H22F3N3O. The third kappa shape index (κ3) is 3.72. The van der Waals surface area contributed by atoms with Crippen molar-refractivity contribution in [2.75, 3.05) is 13.1 Å². The summed E-state index contributed by atoms with van der Waals surface area (Å²) < 4.78 is 40.7. The highest BCUT2D eigenvalue weighted by atomic mass is 19.4. The summed E-state index contributed by atoms with van der Waals surface area (Å²) in [5, 5.41) is 10.9. The van der Waals surface area contributed by atoms with Crippen LogP contribution in [0.5, 0.6) is 0 Å². The average Bonchev–Trinajstić information content (AvgIpc) is 2.88. The van der Waals surface area contributed by atoms with Gasteiger partial charge in [0.25, 0.3) is 0 Å². The van der Waals surface area contributed by atoms with Gasteiger partial charge in [0, 0.05) is 32.9 Å². The SMILES string of the molecule is Cc1ncc(CN2CCC(O)(c3cccc(C(F)(F)F)c3)CC2)n1C. The second kappa shape index (κ2) is 6.46. The van der Waals surface area contributed by atoms with Crippen molar-refractivity contribution in [1.82, 2.24) is 14.5 Å². The van der Waals surface area contributed by atoms with Crippen LogP contribution in [-0.2, 0) is 25.4 Å². The Morgan fingerprint density at radius 1 is 1.24 bits per heavy atom. The maximum atomic E-state index is 12.9. The summed E-state index contributed by atoms with van der Waals surface area (Å²) >= 11 is 0. The number of rotatable bonds is 3. The first-order valence-electron chi connectivity index (χ1n) is 8.29. The van der Waals surface area contributed by atoms with Crippen LogP contribution in [-0.4, -0.2) is 32.6 Å². The third-order valence-corrected chi connectivity index (χ3v) is 5.11. The van der Waals surface area contributed by atoms with Crippen molar-refractivity contribution in [1.29, 1.82) is 0 Å². The molecule has 0 spiro atoms. The van der Waals surface area contributed by atoms with Crippen molar-refractivity contribution in [3.05, 3.63) is 53.1 Å². The molecule has 0 unspecified atom stereocenters. The number of alkyl halides is 3. The molecule has 1 aromatic heterocycles. The van der Waals surface area contributed by atoms with Crippen LogP contribution in [0.1, 0.15) is 35.5 Å². The van der Waals surface area contributed by atoms with Crippen LogP contribution in [0.2, 0.25) is 0 Å². The van der Waals surface area contributed by atoms with Gasteiger partial charge in [-0.1, -0.05) is 12.1 Å². The van der Waals surface area contributed by atoms with E-state index in [4.69, 9.17) is 0 Å². The van der Waals surface area contributed by atoms with Gasteiger partial charge < -0.3 is 9.67 Å². The normalized spacial score (nSPS) is 18.5. The van der Waals surface area contributed by atoms with E-state index in [9.17, 15) is 18.3 Å². The molecule has 1 N–H and O–H groups in total. The van der Waals surface area contributed by atoms with Crippen molar-refractivity contribution in [3.63, 3.8) is 0 Å². The molecule has 4 nitrogen and oxygen atoms in total. The topological polar surface area (TPSA) is 41.3 Å². The number of imidazole rings is 1. The van der Waals surface area contributed by atoms with E-state index in [-0.39, 0.29) is 0 Å². The fourth-order valence-electron chi connectivity index (χ4n) is 3.28. The van der Waals surface area contributed by atoms with Gasteiger partial charge >= 0.3 is 6.18 Å². The van der Waals surface area contributed by atoms with E-state index < -0.39 is 17.3 Å². The lowest BCUT2D eigenvalue weighted by Gasteiger charge is -2.38. The van der Waals surface area contributed by atoms with Gasteiger partial charge in [0.15, 0.2) is 0 Å². The number of nitrogens with zero attached hydrogens (tertiary/aromatic N) is 3. The van der Waals surface area contributed by atoms with Crippen LogP contribution in [0.3, 0.4) is 0 Å². The number of aromatic nitrogens is 2. The quantitative estimate of drug-likeness (QED) is 0.921. The molecule has 7 heteroatoms. The summed E-state index contributed by atoms with van der Waals surface area (Å²) in [5.41, 5.74) is -0.494. The molecule has 1 aromatic carbocycles. The first kappa shape index (κ1) is 17.9. The Kier molecular flexibility index (Phi) is 4.64. The number of aliphatic hydroxyl groups is 1. The summed E-state index contributed by atoms with van der Waals surface area (Å²) in [6, 6.07) is 5.04. The van der Waals surface area contributed by atoms with Gasteiger partial charge in [0.05, 0.1) is 16.9 Å². The van der Waals surface area contributed by atoms with E-state index in [1.165, 1.54) is 6.07 Å². The van der Waals surface area contributed by atoms with E-state index in [1.54, 1.807) is 6.07 Å². The lowest BCUT2D eigenvalue weighted by molar-refractivity contribution is -0.137. The summed E-state index contributed by atoms with van der Waals surface area (Å²) in [7, 11) is 1.96. The molecule has 0 saturated carbocycles. The van der Waals surface area contributed by atoms with Gasteiger partial charge in [0.2, 0.25) is 0 Å². The van der Waals surface area contributed by atoms with Crippen LogP contribution in [0.15, 0.2) is 30.5 Å². The van der Waals surface area contributed by atoms with Crippen LogP contribution >= 0.6 is 0 Å². The maximum absolute atomic E-state index is 12.9. The highest BCUT2D eigenvalue weighted by Gasteiger charge is 2.37. The summed E-state index contributed by atoms with van der Waals surface area (Å²) in [6.07, 6.45) is -1.75. The van der Waals surface area contributed by atoms with Crippen LogP contribution in [0, 0.1) is 6.92 Å². The molecule has 3 rings (SSSR count). The Morgan fingerprint density at radius 2 is 1.92 bits per heavy atom. The van der Waals surface area contributed by atoms with Crippen molar-refractivity contribution >= 4 is 0 Å². The Hall–Kier alpha value is -1.86. The first-order valence-corrected chi connectivity index (χ1v) is 8.29. The lowest BCUT2D eigenvalue weighted by Crippen LogP contribution is -2.42. The maximum Gasteiger partial charge on any atom is 0.416 e. The predicted molar refractivity (Wildman–Crippen MR) is 87.8 cm³/mol. The summed E-state index contributed by atoms with van der Waals surface area (Å²) in [6.45, 7) is 3.90. The molecule has 0 atom stereocenters. The van der Waals surface area contributed by atoms with Gasteiger partial charge in [-0.25, -0.2) is 4.98 Å². The molecule has 1 aliphatic rings. The fourth-order valence-corrected chi connectivity index (χ4v) is 3.28. The molecule has 0 amide bonds. The van der Waals surface area contributed by atoms with Crippen molar-refractivity contribution in [3.8, 4) is 0 Å². The van der Waals surface area contributed by atoms with Gasteiger partial charge in [-0.3, -0.25) is 4.90 Å². The molecule has 2 aromatic rings. The molecule has 136 valence electrons. The molecule has 1 fully saturated rings. The van der Waals surface area contributed by atoms with E-state index in [1.807, 2.05) is 24.7 Å². The number of benzene rings is 1. The minimum Gasteiger partial charge on any atom is -0.385 e. The minimum absolute atomic E-state index is 0.346. The largest absolute Gasteiger partial charge is 0.416 e. The molecule has 2 heterocycles. The van der Waals surface area contributed by atoms with Gasteiger partial charge in [-0.05, 0) is 37.5 Å². The van der Waals surface area contributed by atoms with E-state index in [0.717, 1.165) is 30.2 Å². The second-order valence-electron chi connectivity index (χ2n) is 6.74. The van der Waals surface area contributed by atoms with Gasteiger partial charge in [-0.15, -0.1) is 0 Å². The summed E-state index contributed by atoms with van der Waals surface area (Å²) in [4.78, 5) is 6.46. The number of likely N-dealkylation sites (tertiary alicyclic amines) is 1.